The van der Waals surface area contributed by atoms with Crippen LogP contribution >= 0.6 is 0 Å². The van der Waals surface area contributed by atoms with Gasteiger partial charge in [0.05, 0.1) is 6.42 Å². The third-order valence-electron chi connectivity index (χ3n) is 3.03. The molecule has 0 fully saturated rings. The number of hydrogen-bond donors (Lipinski definition) is 2. The fourth-order valence-corrected chi connectivity index (χ4v) is 1.99. The van der Waals surface area contributed by atoms with Crippen LogP contribution in [0.4, 0.5) is 5.69 Å². The lowest BCUT2D eigenvalue weighted by molar-refractivity contribution is -0.136. The monoisotopic (exact) mass is 355 g/mol. The number of carboxylic acid groups (broad SMARTS) is 1. The van der Waals surface area contributed by atoms with E-state index in [-0.39, 0.29) is 12.3 Å². The number of nitrogens with one attached hydrogen (secondary N) is 1. The van der Waals surface area contributed by atoms with Crippen molar-refractivity contribution in [2.75, 3.05) is 5.32 Å². The van der Waals surface area contributed by atoms with E-state index in [2.05, 4.69) is 5.32 Å². The van der Waals surface area contributed by atoms with E-state index < -0.39 is 5.97 Å². The quantitative estimate of drug-likeness (QED) is 0.696. The van der Waals surface area contributed by atoms with E-state index in [9.17, 15) is 9.59 Å². The van der Waals surface area contributed by atoms with Crippen molar-refractivity contribution in [1.29, 1.82) is 0 Å². The van der Waals surface area contributed by atoms with E-state index in [1.165, 1.54) is 6.92 Å². The lowest BCUT2D eigenvalue weighted by atomic mass is 10.1. The lowest BCUT2D eigenvalue weighted by Gasteiger charge is -2.02. The molecule has 4 nitrogen and oxygen atoms in total. The van der Waals surface area contributed by atoms with Gasteiger partial charge < -0.3 is 10.4 Å². The number of aliphatic carboxylic acids is 1. The smallest absolute Gasteiger partial charge is 0.307 e. The number of hydrogen-bond acceptors (Lipinski definition) is 2. The molecule has 1 amide bonds. The first-order valence-electron chi connectivity index (χ1n) is 8.89. The summed E-state index contributed by atoms with van der Waals surface area (Å²) in [7, 11) is 0. The second-order valence-electron chi connectivity index (χ2n) is 4.95. The SMILES string of the molecule is CC.CC.CC(=O)Nc1ccc(/C=C/c2ccc(CC(=O)O)cc2)cc1. The molecule has 0 spiro atoms. The van der Waals surface area contributed by atoms with Crippen LogP contribution < -0.4 is 5.32 Å². The number of rotatable bonds is 5. The summed E-state index contributed by atoms with van der Waals surface area (Å²) < 4.78 is 0. The van der Waals surface area contributed by atoms with Crippen molar-refractivity contribution in [3.05, 3.63) is 65.2 Å². The van der Waals surface area contributed by atoms with Gasteiger partial charge in [0.2, 0.25) is 5.91 Å². The van der Waals surface area contributed by atoms with Gasteiger partial charge in [0.1, 0.15) is 0 Å². The first-order valence-corrected chi connectivity index (χ1v) is 8.89. The normalized spacial score (nSPS) is 9.42. The number of carbonyl (C=O) groups excluding carboxylic acids is 1. The molecule has 0 radical (unpaired) electrons. The van der Waals surface area contributed by atoms with Crippen molar-refractivity contribution < 1.29 is 14.7 Å². The first-order chi connectivity index (χ1) is 12.5. The number of carbonyl (C=O) groups is 2. The minimum absolute atomic E-state index is 0.0363. The molecule has 0 unspecified atom stereocenters. The number of carboxylic acids is 1. The zero-order chi connectivity index (χ0) is 19.9. The topological polar surface area (TPSA) is 66.4 Å². The molecule has 2 N–H and O–H groups in total. The van der Waals surface area contributed by atoms with Crippen LogP contribution in [0.2, 0.25) is 0 Å². The molecule has 0 aromatic heterocycles. The predicted octanol–water partition coefficient (Wildman–Crippen LogP) is 5.49. The van der Waals surface area contributed by atoms with Crippen LogP contribution in [0.15, 0.2) is 48.5 Å². The number of benzene rings is 2. The zero-order valence-corrected chi connectivity index (χ0v) is 16.2. The Morgan fingerprint density at radius 3 is 1.65 bits per heavy atom. The molecule has 2 aromatic carbocycles. The summed E-state index contributed by atoms with van der Waals surface area (Å²) in [6, 6.07) is 14.9. The molecule has 0 aliphatic rings. The Labute approximate surface area is 156 Å². The van der Waals surface area contributed by atoms with Gasteiger partial charge in [-0.05, 0) is 28.8 Å². The molecule has 0 saturated carbocycles. The largest absolute Gasteiger partial charge is 0.481 e. The first kappa shape index (κ1) is 23.1. The third kappa shape index (κ3) is 9.42. The summed E-state index contributed by atoms with van der Waals surface area (Å²) in [6.45, 7) is 9.47. The minimum atomic E-state index is -0.831. The van der Waals surface area contributed by atoms with E-state index in [1.54, 1.807) is 0 Å². The highest BCUT2D eigenvalue weighted by atomic mass is 16.4. The maximum absolute atomic E-state index is 10.9. The fourth-order valence-electron chi connectivity index (χ4n) is 1.99. The molecular formula is C22H29NO3. The zero-order valence-electron chi connectivity index (χ0n) is 16.2. The number of amides is 1. The van der Waals surface area contributed by atoms with Crippen LogP contribution in [0.1, 0.15) is 51.3 Å². The molecular weight excluding hydrogens is 326 g/mol. The molecule has 0 atom stereocenters. The Hall–Kier alpha value is -2.88. The molecule has 2 aromatic rings. The average molecular weight is 355 g/mol. The summed E-state index contributed by atoms with van der Waals surface area (Å²) in [6.07, 6.45) is 3.95. The average Bonchev–Trinajstić information content (AvgIpc) is 2.65. The molecule has 4 heteroatoms. The van der Waals surface area contributed by atoms with Gasteiger partial charge in [-0.3, -0.25) is 9.59 Å². The van der Waals surface area contributed by atoms with Crippen LogP contribution in [0.3, 0.4) is 0 Å². The van der Waals surface area contributed by atoms with Gasteiger partial charge in [-0.25, -0.2) is 0 Å². The maximum atomic E-state index is 10.9. The Bertz CT molecular complexity index is 625. The molecule has 0 heterocycles. The Morgan fingerprint density at radius 1 is 0.846 bits per heavy atom. The second kappa shape index (κ2) is 13.4. The molecule has 2 rings (SSSR count). The van der Waals surface area contributed by atoms with Crippen LogP contribution in [-0.4, -0.2) is 17.0 Å². The predicted molar refractivity (Wildman–Crippen MR) is 110 cm³/mol. The van der Waals surface area contributed by atoms with Crippen molar-refractivity contribution in [2.24, 2.45) is 0 Å². The molecule has 0 bridgehead atoms. The van der Waals surface area contributed by atoms with Crippen LogP contribution in [-0.2, 0) is 16.0 Å². The summed E-state index contributed by atoms with van der Waals surface area (Å²) >= 11 is 0. The summed E-state index contributed by atoms with van der Waals surface area (Å²) in [5.41, 5.74) is 3.57. The van der Waals surface area contributed by atoms with E-state index in [0.29, 0.717) is 0 Å². The molecule has 0 aliphatic heterocycles. The highest BCUT2D eigenvalue weighted by Crippen LogP contribution is 2.13. The van der Waals surface area contributed by atoms with Gasteiger partial charge in [0.25, 0.3) is 0 Å². The fraction of sp³-hybridized carbons (Fsp3) is 0.273. The number of anilines is 1. The van der Waals surface area contributed by atoms with Crippen molar-refractivity contribution in [1.82, 2.24) is 0 Å². The lowest BCUT2D eigenvalue weighted by Crippen LogP contribution is -2.05. The van der Waals surface area contributed by atoms with Gasteiger partial charge in [-0.1, -0.05) is 76.2 Å². The van der Waals surface area contributed by atoms with Crippen molar-refractivity contribution in [3.8, 4) is 0 Å². The maximum Gasteiger partial charge on any atom is 0.307 e. The molecule has 0 saturated heterocycles. The second-order valence-corrected chi connectivity index (χ2v) is 4.95. The van der Waals surface area contributed by atoms with Gasteiger partial charge >= 0.3 is 5.97 Å². The van der Waals surface area contributed by atoms with Crippen LogP contribution in [0, 0.1) is 0 Å². The summed E-state index contributed by atoms with van der Waals surface area (Å²) in [5.74, 6) is -0.924. The van der Waals surface area contributed by atoms with Crippen LogP contribution in [0.5, 0.6) is 0 Å². The minimum Gasteiger partial charge on any atom is -0.481 e. The Kier molecular flexibility index (Phi) is 11.9. The van der Waals surface area contributed by atoms with E-state index in [0.717, 1.165) is 22.4 Å². The molecule has 0 aliphatic carbocycles. The molecule has 140 valence electrons. The summed E-state index contributed by atoms with van der Waals surface area (Å²) in [5, 5.41) is 11.4. The van der Waals surface area contributed by atoms with Crippen molar-refractivity contribution >= 4 is 29.7 Å². The van der Waals surface area contributed by atoms with Crippen molar-refractivity contribution in [2.45, 2.75) is 41.0 Å². The standard InChI is InChI=1S/C18H17NO3.2C2H6/c1-13(20)19-17-10-8-15(9-11-17)3-2-14-4-6-16(7-5-14)12-18(21)22;2*1-2/h2-11H,12H2,1H3,(H,19,20)(H,21,22);2*1-2H3/b3-2+;;. The van der Waals surface area contributed by atoms with Crippen LogP contribution in [0.25, 0.3) is 12.2 Å². The van der Waals surface area contributed by atoms with Gasteiger partial charge in [-0.15, -0.1) is 0 Å². The van der Waals surface area contributed by atoms with E-state index >= 15 is 0 Å². The van der Waals surface area contributed by atoms with Crippen molar-refractivity contribution in [3.63, 3.8) is 0 Å². The van der Waals surface area contributed by atoms with Gasteiger partial charge in [0.15, 0.2) is 0 Å². The Morgan fingerprint density at radius 2 is 1.27 bits per heavy atom. The summed E-state index contributed by atoms with van der Waals surface area (Å²) in [4.78, 5) is 21.6. The molecule has 26 heavy (non-hydrogen) atoms. The van der Waals surface area contributed by atoms with Gasteiger partial charge in [-0.2, -0.15) is 0 Å². The van der Waals surface area contributed by atoms with Gasteiger partial charge in [0, 0.05) is 12.6 Å². The highest BCUT2D eigenvalue weighted by molar-refractivity contribution is 5.88. The third-order valence-corrected chi connectivity index (χ3v) is 3.03. The Balaban J connectivity index is 0.00000146. The van der Waals surface area contributed by atoms with E-state index in [1.807, 2.05) is 88.4 Å². The van der Waals surface area contributed by atoms with E-state index in [4.69, 9.17) is 5.11 Å². The highest BCUT2D eigenvalue weighted by Gasteiger charge is 1.99.